The maximum atomic E-state index is 11.7. The second kappa shape index (κ2) is 6.10. The van der Waals surface area contributed by atoms with Crippen LogP contribution in [-0.2, 0) is 4.79 Å². The maximum absolute atomic E-state index is 11.7. The third kappa shape index (κ3) is 3.48. The van der Waals surface area contributed by atoms with Crippen molar-refractivity contribution in [3.8, 4) is 0 Å². The van der Waals surface area contributed by atoms with Gasteiger partial charge in [0.25, 0.3) is 0 Å². The summed E-state index contributed by atoms with van der Waals surface area (Å²) in [4.78, 5) is 11.7. The Labute approximate surface area is 99.7 Å². The average Bonchev–Trinajstić information content (AvgIpc) is 2.72. The van der Waals surface area contributed by atoms with E-state index in [1.54, 1.807) is 11.3 Å². The highest BCUT2D eigenvalue weighted by molar-refractivity contribution is 7.08. The third-order valence-corrected chi connectivity index (χ3v) is 3.14. The molecule has 0 aromatic carbocycles. The Morgan fingerprint density at radius 2 is 2.47 bits per heavy atom. The van der Waals surface area contributed by atoms with Gasteiger partial charge in [0.2, 0.25) is 5.91 Å². The van der Waals surface area contributed by atoms with Crippen LogP contribution in [0.15, 0.2) is 16.8 Å². The largest absolute Gasteiger partial charge is 0.325 e. The zero-order chi connectivity index (χ0) is 9.80. The van der Waals surface area contributed by atoms with Crippen molar-refractivity contribution in [2.24, 2.45) is 5.92 Å². The molecule has 0 spiro atoms. The molecule has 3 nitrogen and oxygen atoms in total. The second-order valence-electron chi connectivity index (χ2n) is 3.54. The van der Waals surface area contributed by atoms with Gasteiger partial charge in [-0.1, -0.05) is 0 Å². The van der Waals surface area contributed by atoms with Crippen LogP contribution in [0.25, 0.3) is 0 Å². The van der Waals surface area contributed by atoms with Crippen LogP contribution in [0.1, 0.15) is 12.8 Å². The zero-order valence-electron chi connectivity index (χ0n) is 8.36. The molecule has 0 radical (unpaired) electrons. The first-order chi connectivity index (χ1) is 6.86. The van der Waals surface area contributed by atoms with Crippen LogP contribution >= 0.6 is 23.7 Å². The van der Waals surface area contributed by atoms with Gasteiger partial charge in [0.1, 0.15) is 0 Å². The number of thiophene rings is 1. The predicted octanol–water partition coefficient (Wildman–Crippen LogP) is 2.11. The summed E-state index contributed by atoms with van der Waals surface area (Å²) in [5.74, 6) is 0.291. The number of anilines is 1. The molecule has 5 heteroatoms. The summed E-state index contributed by atoms with van der Waals surface area (Å²) in [7, 11) is 0. The number of halogens is 1. The molecule has 1 amide bonds. The lowest BCUT2D eigenvalue weighted by molar-refractivity contribution is -0.120. The van der Waals surface area contributed by atoms with Crippen LogP contribution in [0.2, 0.25) is 0 Å². The Hall–Kier alpha value is -0.580. The van der Waals surface area contributed by atoms with Crippen LogP contribution in [0.3, 0.4) is 0 Å². The Kier molecular flexibility index (Phi) is 5.08. The number of hydrogen-bond donors (Lipinski definition) is 2. The van der Waals surface area contributed by atoms with E-state index in [0.29, 0.717) is 0 Å². The minimum atomic E-state index is 0. The van der Waals surface area contributed by atoms with Crippen LogP contribution in [0, 0.1) is 5.92 Å². The van der Waals surface area contributed by atoms with Gasteiger partial charge in [0, 0.05) is 11.9 Å². The molecule has 1 aromatic heterocycles. The van der Waals surface area contributed by atoms with E-state index < -0.39 is 0 Å². The normalized spacial score (nSPS) is 20.4. The topological polar surface area (TPSA) is 41.1 Å². The minimum absolute atomic E-state index is 0. The second-order valence-corrected chi connectivity index (χ2v) is 4.32. The fourth-order valence-corrected chi connectivity index (χ4v) is 2.24. The van der Waals surface area contributed by atoms with E-state index in [1.807, 2.05) is 16.8 Å². The molecular weight excluding hydrogens is 232 g/mol. The minimum Gasteiger partial charge on any atom is -0.325 e. The van der Waals surface area contributed by atoms with Gasteiger partial charge in [-0.3, -0.25) is 4.79 Å². The number of amides is 1. The van der Waals surface area contributed by atoms with Crippen molar-refractivity contribution in [3.05, 3.63) is 16.8 Å². The van der Waals surface area contributed by atoms with E-state index in [2.05, 4.69) is 10.6 Å². The quantitative estimate of drug-likeness (QED) is 0.839. The summed E-state index contributed by atoms with van der Waals surface area (Å²) in [6.07, 6.45) is 2.10. The van der Waals surface area contributed by atoms with Gasteiger partial charge in [-0.25, -0.2) is 0 Å². The SMILES string of the molecule is Cl.O=C(Nc1ccsc1)C1CCCNC1. The van der Waals surface area contributed by atoms with Crippen LogP contribution in [0.5, 0.6) is 0 Å². The van der Waals surface area contributed by atoms with Crippen molar-refractivity contribution < 1.29 is 4.79 Å². The number of carbonyl (C=O) groups excluding carboxylic acids is 1. The molecule has 1 aromatic rings. The predicted molar refractivity (Wildman–Crippen MR) is 65.8 cm³/mol. The van der Waals surface area contributed by atoms with Gasteiger partial charge in [-0.2, -0.15) is 11.3 Å². The molecule has 0 bridgehead atoms. The van der Waals surface area contributed by atoms with E-state index in [9.17, 15) is 4.79 Å². The molecule has 2 heterocycles. The first-order valence-electron chi connectivity index (χ1n) is 4.90. The monoisotopic (exact) mass is 246 g/mol. The molecular formula is C10H15ClN2OS. The summed E-state index contributed by atoms with van der Waals surface area (Å²) in [5.41, 5.74) is 0.922. The lowest BCUT2D eigenvalue weighted by Gasteiger charge is -2.21. The van der Waals surface area contributed by atoms with Crippen LogP contribution in [-0.4, -0.2) is 19.0 Å². The molecule has 0 saturated carbocycles. The van der Waals surface area contributed by atoms with E-state index in [1.165, 1.54) is 0 Å². The van der Waals surface area contributed by atoms with E-state index >= 15 is 0 Å². The standard InChI is InChI=1S/C10H14N2OS.ClH/c13-10(8-2-1-4-11-6-8)12-9-3-5-14-7-9;/h3,5,7-8,11H,1-2,4,6H2,(H,12,13);1H. The molecule has 2 N–H and O–H groups in total. The molecule has 1 fully saturated rings. The number of rotatable bonds is 2. The molecule has 15 heavy (non-hydrogen) atoms. The molecule has 84 valence electrons. The smallest absolute Gasteiger partial charge is 0.228 e. The average molecular weight is 247 g/mol. The van der Waals surface area contributed by atoms with Crippen LogP contribution in [0.4, 0.5) is 5.69 Å². The highest BCUT2D eigenvalue weighted by atomic mass is 35.5. The molecule has 0 aliphatic carbocycles. The van der Waals surface area contributed by atoms with Crippen molar-refractivity contribution in [1.29, 1.82) is 0 Å². The summed E-state index contributed by atoms with van der Waals surface area (Å²) < 4.78 is 0. The molecule has 1 atom stereocenters. The number of piperidine rings is 1. The number of carbonyl (C=O) groups is 1. The summed E-state index contributed by atoms with van der Waals surface area (Å²) in [6.45, 7) is 1.86. The third-order valence-electron chi connectivity index (χ3n) is 2.46. The fourth-order valence-electron chi connectivity index (χ4n) is 1.66. The zero-order valence-corrected chi connectivity index (χ0v) is 10.00. The molecule has 1 unspecified atom stereocenters. The summed E-state index contributed by atoms with van der Waals surface area (Å²) in [5, 5.41) is 10.1. The first kappa shape index (κ1) is 12.5. The molecule has 1 saturated heterocycles. The van der Waals surface area contributed by atoms with Gasteiger partial charge in [-0.15, -0.1) is 12.4 Å². The van der Waals surface area contributed by atoms with Crippen molar-refractivity contribution in [1.82, 2.24) is 5.32 Å². The summed E-state index contributed by atoms with van der Waals surface area (Å²) in [6, 6.07) is 1.93. The van der Waals surface area contributed by atoms with Crippen molar-refractivity contribution >= 4 is 35.3 Å². The van der Waals surface area contributed by atoms with Crippen molar-refractivity contribution in [3.63, 3.8) is 0 Å². The Balaban J connectivity index is 0.00000112. The highest BCUT2D eigenvalue weighted by Crippen LogP contribution is 2.16. The van der Waals surface area contributed by atoms with E-state index in [0.717, 1.165) is 31.6 Å². The lowest BCUT2D eigenvalue weighted by Crippen LogP contribution is -2.37. The summed E-state index contributed by atoms with van der Waals surface area (Å²) >= 11 is 1.60. The van der Waals surface area contributed by atoms with Crippen molar-refractivity contribution in [2.75, 3.05) is 18.4 Å². The van der Waals surface area contributed by atoms with Crippen LogP contribution < -0.4 is 10.6 Å². The first-order valence-corrected chi connectivity index (χ1v) is 5.84. The van der Waals surface area contributed by atoms with E-state index in [4.69, 9.17) is 0 Å². The van der Waals surface area contributed by atoms with Crippen molar-refractivity contribution in [2.45, 2.75) is 12.8 Å². The molecule has 2 rings (SSSR count). The Bertz CT molecular complexity index is 296. The van der Waals surface area contributed by atoms with E-state index in [-0.39, 0.29) is 24.2 Å². The molecule has 1 aliphatic rings. The Morgan fingerprint density at radius 3 is 3.07 bits per heavy atom. The fraction of sp³-hybridized carbons (Fsp3) is 0.500. The van der Waals surface area contributed by atoms with Gasteiger partial charge in [0.05, 0.1) is 11.6 Å². The van der Waals surface area contributed by atoms with Gasteiger partial charge in [-0.05, 0) is 30.8 Å². The van der Waals surface area contributed by atoms with Gasteiger partial charge >= 0.3 is 0 Å². The highest BCUT2D eigenvalue weighted by Gasteiger charge is 2.20. The van der Waals surface area contributed by atoms with Gasteiger partial charge < -0.3 is 10.6 Å². The Morgan fingerprint density at radius 1 is 1.60 bits per heavy atom. The lowest BCUT2D eigenvalue weighted by atomic mass is 9.99. The maximum Gasteiger partial charge on any atom is 0.228 e. The van der Waals surface area contributed by atoms with Gasteiger partial charge in [0.15, 0.2) is 0 Å². The number of nitrogens with one attached hydrogen (secondary N) is 2. The number of hydrogen-bond acceptors (Lipinski definition) is 3. The molecule has 1 aliphatic heterocycles.